The van der Waals surface area contributed by atoms with Gasteiger partial charge >= 0.3 is 0 Å². The number of benzene rings is 2. The van der Waals surface area contributed by atoms with E-state index < -0.39 is 0 Å². The molecule has 0 amide bonds. The van der Waals surface area contributed by atoms with Crippen molar-refractivity contribution in [3.63, 3.8) is 0 Å². The summed E-state index contributed by atoms with van der Waals surface area (Å²) in [6, 6.07) is 16.4. The molecule has 0 unspecified atom stereocenters. The molecule has 0 fully saturated rings. The number of halogens is 1. The number of hydrogen-bond donors (Lipinski definition) is 0. The Hall–Kier alpha value is -2.06. The summed E-state index contributed by atoms with van der Waals surface area (Å²) in [4.78, 5) is 6.95. The zero-order chi connectivity index (χ0) is 15.5. The number of rotatable bonds is 2. The molecular weight excluding hydrogens is 292 g/mol. The van der Waals surface area contributed by atoms with Crippen LogP contribution in [0.25, 0.3) is 0 Å². The normalized spacial score (nSPS) is 16.0. The number of fused-ring (bicyclic) bond motifs is 1. The van der Waals surface area contributed by atoms with Crippen molar-refractivity contribution < 1.29 is 0 Å². The molecule has 1 aliphatic rings. The topological polar surface area (TPSA) is 15.6 Å². The second kappa shape index (κ2) is 6.37. The fraction of sp³-hybridized carbons (Fsp3) is 0.211. The van der Waals surface area contributed by atoms with E-state index in [0.717, 1.165) is 28.3 Å². The van der Waals surface area contributed by atoms with E-state index in [1.165, 1.54) is 11.1 Å². The van der Waals surface area contributed by atoms with Crippen LogP contribution in [-0.2, 0) is 6.42 Å². The molecule has 0 aliphatic carbocycles. The molecule has 0 bridgehead atoms. The molecule has 0 aromatic heterocycles. The number of hydrogen-bond acceptors (Lipinski definition) is 2. The second-order valence-electron chi connectivity index (χ2n) is 5.76. The van der Waals surface area contributed by atoms with E-state index in [4.69, 9.17) is 16.6 Å². The summed E-state index contributed by atoms with van der Waals surface area (Å²) >= 11 is 6.23. The van der Waals surface area contributed by atoms with Crippen LogP contribution >= 0.6 is 11.6 Å². The third kappa shape index (κ3) is 3.23. The van der Waals surface area contributed by atoms with Crippen LogP contribution in [0.4, 0.5) is 0 Å². The molecule has 2 nitrogen and oxygen atoms in total. The Kier molecular flexibility index (Phi) is 4.30. The minimum absolute atomic E-state index is 0.717. The van der Waals surface area contributed by atoms with Crippen LogP contribution in [0.1, 0.15) is 16.7 Å². The molecule has 3 heteroatoms. The quantitative estimate of drug-likeness (QED) is 0.812. The first kappa shape index (κ1) is 14.9. The van der Waals surface area contributed by atoms with Crippen LogP contribution < -0.4 is 0 Å². The van der Waals surface area contributed by atoms with Gasteiger partial charge in [-0.2, -0.15) is 0 Å². The minimum atomic E-state index is 0.717. The van der Waals surface area contributed by atoms with Crippen molar-refractivity contribution in [3.05, 3.63) is 82.0 Å². The summed E-state index contributed by atoms with van der Waals surface area (Å²) in [6.45, 7) is 0.717. The zero-order valence-corrected chi connectivity index (χ0v) is 13.6. The van der Waals surface area contributed by atoms with Crippen molar-refractivity contribution in [1.82, 2.24) is 4.90 Å². The average molecular weight is 311 g/mol. The molecule has 0 saturated carbocycles. The van der Waals surface area contributed by atoms with E-state index in [2.05, 4.69) is 29.3 Å². The molecule has 1 heterocycles. The lowest BCUT2D eigenvalue weighted by Crippen LogP contribution is -2.06. The van der Waals surface area contributed by atoms with Gasteiger partial charge in [-0.25, -0.2) is 0 Å². The monoisotopic (exact) mass is 310 g/mol. The molecule has 0 atom stereocenters. The molecule has 2 aromatic carbocycles. The Bertz CT molecular complexity index is 730. The highest BCUT2D eigenvalue weighted by atomic mass is 35.5. The molecule has 112 valence electrons. The third-order valence-corrected chi connectivity index (χ3v) is 3.91. The summed E-state index contributed by atoms with van der Waals surface area (Å²) in [5.41, 5.74) is 5.88. The lowest BCUT2D eigenvalue weighted by Gasteiger charge is -2.11. The Morgan fingerprint density at radius 3 is 2.59 bits per heavy atom. The molecule has 0 saturated heterocycles. The van der Waals surface area contributed by atoms with E-state index in [-0.39, 0.29) is 0 Å². The fourth-order valence-corrected chi connectivity index (χ4v) is 2.96. The molecule has 0 N–H and O–H groups in total. The van der Waals surface area contributed by atoms with Crippen molar-refractivity contribution in [2.24, 2.45) is 4.99 Å². The van der Waals surface area contributed by atoms with E-state index in [0.29, 0.717) is 6.54 Å². The number of aliphatic imine (C=N–C) groups is 1. The smallest absolute Gasteiger partial charge is 0.0726 e. The van der Waals surface area contributed by atoms with Gasteiger partial charge in [0.15, 0.2) is 0 Å². The SMILES string of the molecule is CN(C)C=C1CN=C(c2ccccc2)c2cc(Cl)ccc2C1. The molecule has 1 aliphatic heterocycles. The summed E-state index contributed by atoms with van der Waals surface area (Å²) in [6.07, 6.45) is 3.07. The van der Waals surface area contributed by atoms with Gasteiger partial charge < -0.3 is 4.90 Å². The van der Waals surface area contributed by atoms with Crippen LogP contribution in [0.15, 0.2) is 65.3 Å². The maximum absolute atomic E-state index is 6.23. The fourth-order valence-electron chi connectivity index (χ4n) is 2.78. The van der Waals surface area contributed by atoms with Gasteiger partial charge in [0.2, 0.25) is 0 Å². The zero-order valence-electron chi connectivity index (χ0n) is 12.9. The van der Waals surface area contributed by atoms with Crippen molar-refractivity contribution in [1.29, 1.82) is 0 Å². The van der Waals surface area contributed by atoms with E-state index in [9.17, 15) is 0 Å². The maximum Gasteiger partial charge on any atom is 0.0726 e. The number of nitrogens with zero attached hydrogens (tertiary/aromatic N) is 2. The van der Waals surface area contributed by atoms with Crippen molar-refractivity contribution in [2.75, 3.05) is 20.6 Å². The van der Waals surface area contributed by atoms with Gasteiger partial charge in [0.25, 0.3) is 0 Å². The highest BCUT2D eigenvalue weighted by Gasteiger charge is 2.17. The third-order valence-electron chi connectivity index (χ3n) is 3.67. The Balaban J connectivity index is 2.13. The van der Waals surface area contributed by atoms with Crippen LogP contribution in [0.3, 0.4) is 0 Å². The standard InChI is InChI=1S/C19H19ClN2/c1-22(2)13-14-10-16-8-9-17(20)11-18(16)19(21-12-14)15-6-4-3-5-7-15/h3-9,11,13H,10,12H2,1-2H3. The Morgan fingerprint density at radius 1 is 1.09 bits per heavy atom. The average Bonchev–Trinajstić information content (AvgIpc) is 2.66. The van der Waals surface area contributed by atoms with Crippen LogP contribution in [-0.4, -0.2) is 31.3 Å². The van der Waals surface area contributed by atoms with Gasteiger partial charge in [0.05, 0.1) is 12.3 Å². The highest BCUT2D eigenvalue weighted by Crippen LogP contribution is 2.25. The Labute approximate surface area is 136 Å². The largest absolute Gasteiger partial charge is 0.383 e. The van der Waals surface area contributed by atoms with Gasteiger partial charge in [-0.3, -0.25) is 4.99 Å². The first-order valence-corrected chi connectivity index (χ1v) is 7.76. The van der Waals surface area contributed by atoms with E-state index >= 15 is 0 Å². The first-order chi connectivity index (χ1) is 10.6. The molecule has 0 spiro atoms. The summed E-state index contributed by atoms with van der Waals surface area (Å²) in [5.74, 6) is 0. The summed E-state index contributed by atoms with van der Waals surface area (Å²) in [5, 5.41) is 0.752. The molecule has 2 aromatic rings. The molecule has 0 radical (unpaired) electrons. The second-order valence-corrected chi connectivity index (χ2v) is 6.20. The van der Waals surface area contributed by atoms with E-state index in [1.54, 1.807) is 0 Å². The van der Waals surface area contributed by atoms with Crippen molar-refractivity contribution in [2.45, 2.75) is 6.42 Å². The van der Waals surface area contributed by atoms with E-state index in [1.807, 2.05) is 44.4 Å². The predicted molar refractivity (Wildman–Crippen MR) is 93.9 cm³/mol. The van der Waals surface area contributed by atoms with Gasteiger partial charge in [0.1, 0.15) is 0 Å². The molecule has 3 rings (SSSR count). The van der Waals surface area contributed by atoms with Gasteiger partial charge in [-0.05, 0) is 35.9 Å². The van der Waals surface area contributed by atoms with Crippen LogP contribution in [0.2, 0.25) is 5.02 Å². The van der Waals surface area contributed by atoms with Gasteiger partial charge in [-0.1, -0.05) is 48.0 Å². The first-order valence-electron chi connectivity index (χ1n) is 7.38. The highest BCUT2D eigenvalue weighted by molar-refractivity contribution is 6.31. The predicted octanol–water partition coefficient (Wildman–Crippen LogP) is 4.18. The lowest BCUT2D eigenvalue weighted by molar-refractivity contribution is 0.555. The molecular formula is C19H19ClN2. The van der Waals surface area contributed by atoms with Crippen molar-refractivity contribution >= 4 is 17.3 Å². The van der Waals surface area contributed by atoms with Crippen molar-refractivity contribution in [3.8, 4) is 0 Å². The summed E-state index contributed by atoms with van der Waals surface area (Å²) in [7, 11) is 4.09. The van der Waals surface area contributed by atoms with Gasteiger partial charge in [0, 0.05) is 30.2 Å². The van der Waals surface area contributed by atoms with Crippen LogP contribution in [0, 0.1) is 0 Å². The molecule has 22 heavy (non-hydrogen) atoms. The summed E-state index contributed by atoms with van der Waals surface area (Å²) < 4.78 is 0. The lowest BCUT2D eigenvalue weighted by atomic mass is 9.95. The maximum atomic E-state index is 6.23. The van der Waals surface area contributed by atoms with Gasteiger partial charge in [-0.15, -0.1) is 0 Å². The minimum Gasteiger partial charge on any atom is -0.383 e. The Morgan fingerprint density at radius 2 is 1.86 bits per heavy atom. The van der Waals surface area contributed by atoms with Crippen LogP contribution in [0.5, 0.6) is 0 Å².